The highest BCUT2D eigenvalue weighted by atomic mass is 16.1. The number of hydrogen-bond donors (Lipinski definition) is 2. The Labute approximate surface area is 136 Å². The van der Waals surface area contributed by atoms with Gasteiger partial charge in [0.2, 0.25) is 5.91 Å². The van der Waals surface area contributed by atoms with Crippen LogP contribution in [0.1, 0.15) is 30.5 Å². The number of fused-ring (bicyclic) bond motifs is 1. The monoisotopic (exact) mass is 306 g/mol. The van der Waals surface area contributed by atoms with Gasteiger partial charge in [-0.25, -0.2) is 0 Å². The second kappa shape index (κ2) is 6.69. The Hall–Kier alpha value is -2.55. The molecule has 0 radical (unpaired) electrons. The van der Waals surface area contributed by atoms with Gasteiger partial charge in [-0.1, -0.05) is 38.1 Å². The molecule has 0 aliphatic carbocycles. The first-order chi connectivity index (χ1) is 11.2. The molecule has 3 nitrogen and oxygen atoms in total. The van der Waals surface area contributed by atoms with Crippen molar-refractivity contribution in [1.82, 2.24) is 4.98 Å². The average molecular weight is 306 g/mol. The number of H-pyrrole nitrogens is 1. The van der Waals surface area contributed by atoms with Crippen molar-refractivity contribution in [2.45, 2.75) is 33.1 Å². The summed E-state index contributed by atoms with van der Waals surface area (Å²) in [6, 6.07) is 14.4. The molecule has 0 bridgehead atoms. The molecule has 118 valence electrons. The maximum atomic E-state index is 12.5. The molecule has 3 aromatic rings. The lowest BCUT2D eigenvalue weighted by Gasteiger charge is -2.14. The molecule has 1 aromatic heterocycles. The lowest BCUT2D eigenvalue weighted by Crippen LogP contribution is -2.17. The number of rotatable bonds is 5. The smallest absolute Gasteiger partial charge is 0.228 e. The third-order valence-corrected chi connectivity index (χ3v) is 4.25. The molecule has 1 amide bonds. The van der Waals surface area contributed by atoms with Gasteiger partial charge in [-0.3, -0.25) is 4.79 Å². The third-order valence-electron chi connectivity index (χ3n) is 4.25. The highest BCUT2D eigenvalue weighted by molar-refractivity contribution is 5.94. The first kappa shape index (κ1) is 15.3. The Kier molecular flexibility index (Phi) is 4.47. The summed E-state index contributed by atoms with van der Waals surface area (Å²) in [5.74, 6) is 0.0375. The third kappa shape index (κ3) is 3.29. The predicted octanol–water partition coefficient (Wildman–Crippen LogP) is 4.47. The first-order valence-corrected chi connectivity index (χ1v) is 8.18. The van der Waals surface area contributed by atoms with Crippen LogP contribution in [0.4, 0.5) is 5.69 Å². The van der Waals surface area contributed by atoms with E-state index >= 15 is 0 Å². The molecule has 2 aromatic carbocycles. The Balaban J connectivity index is 1.79. The van der Waals surface area contributed by atoms with Gasteiger partial charge < -0.3 is 10.3 Å². The van der Waals surface area contributed by atoms with Crippen LogP contribution in [0.25, 0.3) is 10.9 Å². The van der Waals surface area contributed by atoms with Crippen molar-refractivity contribution in [3.05, 3.63) is 65.4 Å². The molecule has 0 saturated heterocycles. The van der Waals surface area contributed by atoms with E-state index in [1.807, 2.05) is 24.4 Å². The minimum atomic E-state index is 0.0375. The summed E-state index contributed by atoms with van der Waals surface area (Å²) in [5, 5.41) is 4.26. The quantitative estimate of drug-likeness (QED) is 0.717. The summed E-state index contributed by atoms with van der Waals surface area (Å²) in [5.41, 5.74) is 5.50. The Morgan fingerprint density at radius 1 is 1.04 bits per heavy atom. The maximum Gasteiger partial charge on any atom is 0.228 e. The molecule has 0 atom stereocenters. The zero-order valence-electron chi connectivity index (χ0n) is 13.6. The van der Waals surface area contributed by atoms with Crippen LogP contribution in [-0.2, 0) is 24.1 Å². The average Bonchev–Trinajstić information content (AvgIpc) is 3.02. The van der Waals surface area contributed by atoms with Crippen LogP contribution in [0.3, 0.4) is 0 Å². The fourth-order valence-electron chi connectivity index (χ4n) is 2.98. The summed E-state index contributed by atoms with van der Waals surface area (Å²) < 4.78 is 0. The van der Waals surface area contributed by atoms with Crippen molar-refractivity contribution < 1.29 is 4.79 Å². The number of para-hydroxylation sites is 1. The molecule has 0 fully saturated rings. The van der Waals surface area contributed by atoms with Crippen LogP contribution in [0.15, 0.2) is 48.7 Å². The molecule has 2 N–H and O–H groups in total. The number of anilines is 1. The number of benzene rings is 2. The second-order valence-corrected chi connectivity index (χ2v) is 5.78. The number of nitrogens with one attached hydrogen (secondary N) is 2. The van der Waals surface area contributed by atoms with Gasteiger partial charge >= 0.3 is 0 Å². The number of carbonyl (C=O) groups excluding carboxylic acids is 1. The van der Waals surface area contributed by atoms with E-state index in [4.69, 9.17) is 0 Å². The molecule has 3 heteroatoms. The van der Waals surface area contributed by atoms with Crippen molar-refractivity contribution in [3.63, 3.8) is 0 Å². The van der Waals surface area contributed by atoms with Crippen molar-refractivity contribution in [2.24, 2.45) is 0 Å². The van der Waals surface area contributed by atoms with Gasteiger partial charge in [0.25, 0.3) is 0 Å². The van der Waals surface area contributed by atoms with Crippen LogP contribution >= 0.6 is 0 Å². The molecule has 1 heterocycles. The summed E-state index contributed by atoms with van der Waals surface area (Å²) in [4.78, 5) is 15.6. The fraction of sp³-hybridized carbons (Fsp3) is 0.250. The van der Waals surface area contributed by atoms with Gasteiger partial charge in [0.1, 0.15) is 0 Å². The summed E-state index contributed by atoms with van der Waals surface area (Å²) in [7, 11) is 0. The van der Waals surface area contributed by atoms with Gasteiger partial charge in [-0.05, 0) is 53.1 Å². The van der Waals surface area contributed by atoms with E-state index in [-0.39, 0.29) is 5.91 Å². The van der Waals surface area contributed by atoms with Crippen LogP contribution in [0.2, 0.25) is 0 Å². The highest BCUT2D eigenvalue weighted by Gasteiger charge is 2.11. The number of aryl methyl sites for hydroxylation is 2. The molecular formula is C20H22N2O. The summed E-state index contributed by atoms with van der Waals surface area (Å²) in [6.45, 7) is 4.23. The van der Waals surface area contributed by atoms with Crippen molar-refractivity contribution in [2.75, 3.05) is 5.32 Å². The van der Waals surface area contributed by atoms with E-state index in [1.165, 1.54) is 11.1 Å². The number of amides is 1. The normalized spacial score (nSPS) is 10.9. The minimum absolute atomic E-state index is 0.0375. The molecule has 0 spiro atoms. The van der Waals surface area contributed by atoms with Crippen LogP contribution in [0, 0.1) is 0 Å². The Morgan fingerprint density at radius 3 is 2.48 bits per heavy atom. The number of aromatic nitrogens is 1. The first-order valence-electron chi connectivity index (χ1n) is 8.18. The van der Waals surface area contributed by atoms with E-state index in [1.54, 1.807) is 0 Å². The second-order valence-electron chi connectivity index (χ2n) is 5.78. The van der Waals surface area contributed by atoms with Gasteiger partial charge in [0.05, 0.1) is 6.42 Å². The molecular weight excluding hydrogens is 284 g/mol. The van der Waals surface area contributed by atoms with Crippen LogP contribution in [0.5, 0.6) is 0 Å². The topological polar surface area (TPSA) is 44.9 Å². The zero-order valence-corrected chi connectivity index (χ0v) is 13.6. The standard InChI is InChI=1S/C20H22N2O/c1-3-15-6-5-7-16(4-2)20(15)22-19(23)13-14-8-9-18-17(12-14)10-11-21-18/h5-12,21H,3-4,13H2,1-2H3,(H,22,23). The molecule has 23 heavy (non-hydrogen) atoms. The molecule has 0 unspecified atom stereocenters. The minimum Gasteiger partial charge on any atom is -0.361 e. The van der Waals surface area contributed by atoms with Crippen LogP contribution < -0.4 is 5.32 Å². The number of aromatic amines is 1. The molecule has 0 aliphatic rings. The van der Waals surface area contributed by atoms with Gasteiger partial charge in [0.15, 0.2) is 0 Å². The predicted molar refractivity (Wildman–Crippen MR) is 95.8 cm³/mol. The highest BCUT2D eigenvalue weighted by Crippen LogP contribution is 2.23. The van der Waals surface area contributed by atoms with E-state index in [0.29, 0.717) is 6.42 Å². The fourth-order valence-corrected chi connectivity index (χ4v) is 2.98. The van der Waals surface area contributed by atoms with Gasteiger partial charge in [0, 0.05) is 17.4 Å². The Morgan fingerprint density at radius 2 is 1.78 bits per heavy atom. The lowest BCUT2D eigenvalue weighted by atomic mass is 10.0. The summed E-state index contributed by atoms with van der Waals surface area (Å²) in [6.07, 6.45) is 4.14. The van der Waals surface area contributed by atoms with E-state index in [2.05, 4.69) is 48.4 Å². The van der Waals surface area contributed by atoms with Crippen molar-refractivity contribution in [1.29, 1.82) is 0 Å². The lowest BCUT2D eigenvalue weighted by molar-refractivity contribution is -0.115. The SMILES string of the molecule is CCc1cccc(CC)c1NC(=O)Cc1ccc2[nH]ccc2c1. The summed E-state index contributed by atoms with van der Waals surface area (Å²) >= 11 is 0. The molecule has 0 saturated carbocycles. The maximum absolute atomic E-state index is 12.5. The zero-order chi connectivity index (χ0) is 16.2. The van der Waals surface area contributed by atoms with Gasteiger partial charge in [-0.2, -0.15) is 0 Å². The molecule has 0 aliphatic heterocycles. The largest absolute Gasteiger partial charge is 0.361 e. The van der Waals surface area contributed by atoms with E-state index < -0.39 is 0 Å². The van der Waals surface area contributed by atoms with Crippen molar-refractivity contribution >= 4 is 22.5 Å². The van der Waals surface area contributed by atoms with Crippen LogP contribution in [-0.4, -0.2) is 10.9 Å². The molecule has 3 rings (SSSR count). The number of carbonyl (C=O) groups is 1. The van der Waals surface area contributed by atoms with Gasteiger partial charge in [-0.15, -0.1) is 0 Å². The Bertz CT molecular complexity index is 810. The number of hydrogen-bond acceptors (Lipinski definition) is 1. The van der Waals surface area contributed by atoms with E-state index in [0.717, 1.165) is 35.0 Å². The van der Waals surface area contributed by atoms with E-state index in [9.17, 15) is 4.79 Å². The van der Waals surface area contributed by atoms with Crippen molar-refractivity contribution in [3.8, 4) is 0 Å².